The van der Waals surface area contributed by atoms with Crippen molar-refractivity contribution < 1.29 is 17.9 Å². The molecular weight excluding hydrogens is 362 g/mol. The van der Waals surface area contributed by atoms with Crippen molar-refractivity contribution in [3.8, 4) is 5.75 Å². The highest BCUT2D eigenvalue weighted by Crippen LogP contribution is 2.27. The van der Waals surface area contributed by atoms with E-state index in [4.69, 9.17) is 4.74 Å². The maximum Gasteiger partial charge on any atom is 0.259 e. The van der Waals surface area contributed by atoms with E-state index in [-0.39, 0.29) is 16.9 Å². The van der Waals surface area contributed by atoms with E-state index in [2.05, 4.69) is 5.32 Å². The van der Waals surface area contributed by atoms with Gasteiger partial charge in [-0.15, -0.1) is 0 Å². The number of carbonyl (C=O) groups excluding carboxylic acids is 1. The lowest BCUT2D eigenvalue weighted by Gasteiger charge is -2.21. The summed E-state index contributed by atoms with van der Waals surface area (Å²) in [5.74, 6) is 0.210. The Morgan fingerprint density at radius 2 is 1.81 bits per heavy atom. The Bertz CT molecular complexity index is 902. The Morgan fingerprint density at radius 1 is 1.07 bits per heavy atom. The zero-order chi connectivity index (χ0) is 19.3. The molecule has 0 bridgehead atoms. The fourth-order valence-electron chi connectivity index (χ4n) is 3.54. The van der Waals surface area contributed by atoms with Gasteiger partial charge >= 0.3 is 0 Å². The summed E-state index contributed by atoms with van der Waals surface area (Å²) in [5, 5.41) is 2.59. The van der Waals surface area contributed by atoms with Crippen molar-refractivity contribution in [3.05, 3.63) is 59.7 Å². The topological polar surface area (TPSA) is 72.5 Å². The van der Waals surface area contributed by atoms with Crippen LogP contribution in [-0.2, 0) is 15.6 Å². The van der Waals surface area contributed by atoms with Crippen LogP contribution in [0.2, 0.25) is 0 Å². The summed E-state index contributed by atoms with van der Waals surface area (Å²) in [7, 11) is -1.66. The van der Waals surface area contributed by atoms with Crippen molar-refractivity contribution in [1.29, 1.82) is 0 Å². The van der Waals surface area contributed by atoms with Gasteiger partial charge in [-0.05, 0) is 42.7 Å². The molecule has 0 unspecified atom stereocenters. The molecule has 27 heavy (non-hydrogen) atoms. The SMILES string of the molecule is COc1ccccc1C(=O)Nc1cccc(CS(=O)(=O)C2CCCCC2)c1. The van der Waals surface area contributed by atoms with E-state index in [9.17, 15) is 13.2 Å². The first kappa shape index (κ1) is 19.4. The van der Waals surface area contributed by atoms with Crippen LogP contribution in [0.5, 0.6) is 5.75 Å². The minimum atomic E-state index is -3.18. The first-order chi connectivity index (χ1) is 13.0. The van der Waals surface area contributed by atoms with E-state index in [1.165, 1.54) is 7.11 Å². The van der Waals surface area contributed by atoms with E-state index in [1.807, 2.05) is 0 Å². The second-order valence-electron chi connectivity index (χ2n) is 6.92. The minimum absolute atomic E-state index is 0.00996. The molecule has 144 valence electrons. The van der Waals surface area contributed by atoms with Crippen LogP contribution in [-0.4, -0.2) is 26.7 Å². The van der Waals surface area contributed by atoms with E-state index in [0.717, 1.165) is 32.1 Å². The molecule has 0 radical (unpaired) electrons. The maximum atomic E-state index is 12.7. The zero-order valence-electron chi connectivity index (χ0n) is 15.5. The standard InChI is InChI=1S/C21H25NO4S/c1-26-20-13-6-5-12-19(20)21(23)22-17-9-7-8-16(14-17)15-27(24,25)18-10-3-2-4-11-18/h5-9,12-14,18H,2-4,10-11,15H2,1H3,(H,22,23). The van der Waals surface area contributed by atoms with Crippen LogP contribution in [0.4, 0.5) is 5.69 Å². The Kier molecular flexibility index (Phi) is 6.16. The van der Waals surface area contributed by atoms with Gasteiger partial charge in [0.2, 0.25) is 0 Å². The summed E-state index contributed by atoms with van der Waals surface area (Å²) >= 11 is 0. The lowest BCUT2D eigenvalue weighted by atomic mass is 10.0. The smallest absolute Gasteiger partial charge is 0.259 e. The number of nitrogens with one attached hydrogen (secondary N) is 1. The van der Waals surface area contributed by atoms with Crippen molar-refractivity contribution in [3.63, 3.8) is 0 Å². The van der Waals surface area contributed by atoms with Gasteiger partial charge in [0.1, 0.15) is 5.75 Å². The maximum absolute atomic E-state index is 12.7. The van der Waals surface area contributed by atoms with Gasteiger partial charge in [-0.1, -0.05) is 43.5 Å². The Balaban J connectivity index is 1.73. The van der Waals surface area contributed by atoms with Gasteiger partial charge in [0.25, 0.3) is 5.91 Å². The van der Waals surface area contributed by atoms with Gasteiger partial charge in [-0.2, -0.15) is 0 Å². The largest absolute Gasteiger partial charge is 0.496 e. The fourth-order valence-corrected chi connectivity index (χ4v) is 5.48. The number of sulfone groups is 1. The van der Waals surface area contributed by atoms with Crippen LogP contribution < -0.4 is 10.1 Å². The van der Waals surface area contributed by atoms with Gasteiger partial charge in [-0.3, -0.25) is 4.79 Å². The number of rotatable bonds is 6. The van der Waals surface area contributed by atoms with Crippen molar-refractivity contribution in [2.24, 2.45) is 0 Å². The van der Waals surface area contributed by atoms with Crippen molar-refractivity contribution in [2.45, 2.75) is 43.1 Å². The Hall–Kier alpha value is -2.34. The van der Waals surface area contributed by atoms with E-state index < -0.39 is 9.84 Å². The number of para-hydroxylation sites is 1. The molecule has 0 atom stereocenters. The van der Waals surface area contributed by atoms with Gasteiger partial charge < -0.3 is 10.1 Å². The molecule has 1 fully saturated rings. The number of carbonyl (C=O) groups is 1. The molecular formula is C21H25NO4S. The Morgan fingerprint density at radius 3 is 2.56 bits per heavy atom. The van der Waals surface area contributed by atoms with Crippen molar-refractivity contribution in [1.82, 2.24) is 0 Å². The normalized spacial score (nSPS) is 15.3. The molecule has 0 heterocycles. The van der Waals surface area contributed by atoms with Crippen LogP contribution in [0, 0.1) is 0 Å². The van der Waals surface area contributed by atoms with Gasteiger partial charge in [0.15, 0.2) is 9.84 Å². The molecule has 0 saturated heterocycles. The summed E-state index contributed by atoms with van der Waals surface area (Å²) in [4.78, 5) is 12.5. The lowest BCUT2D eigenvalue weighted by Crippen LogP contribution is -2.25. The third-order valence-corrected chi connectivity index (χ3v) is 7.19. The number of benzene rings is 2. The summed E-state index contributed by atoms with van der Waals surface area (Å²) in [6, 6.07) is 14.0. The highest BCUT2D eigenvalue weighted by Gasteiger charge is 2.27. The average molecular weight is 388 g/mol. The number of amides is 1. The molecule has 1 aliphatic carbocycles. The molecule has 3 rings (SSSR count). The molecule has 1 saturated carbocycles. The average Bonchev–Trinajstić information content (AvgIpc) is 2.68. The molecule has 2 aromatic rings. The first-order valence-electron chi connectivity index (χ1n) is 9.24. The van der Waals surface area contributed by atoms with Gasteiger partial charge in [0, 0.05) is 5.69 Å². The molecule has 0 aliphatic heterocycles. The van der Waals surface area contributed by atoms with Crippen LogP contribution in [0.3, 0.4) is 0 Å². The summed E-state index contributed by atoms with van der Waals surface area (Å²) in [5.41, 5.74) is 1.70. The predicted molar refractivity (Wildman–Crippen MR) is 107 cm³/mol. The molecule has 1 N–H and O–H groups in total. The first-order valence-corrected chi connectivity index (χ1v) is 11.0. The highest BCUT2D eigenvalue weighted by molar-refractivity contribution is 7.91. The molecule has 1 amide bonds. The zero-order valence-corrected chi connectivity index (χ0v) is 16.3. The molecule has 2 aromatic carbocycles. The fraction of sp³-hybridized carbons (Fsp3) is 0.381. The van der Waals surface area contributed by atoms with Crippen LogP contribution >= 0.6 is 0 Å². The van der Waals surface area contributed by atoms with E-state index in [1.54, 1.807) is 48.5 Å². The second kappa shape index (κ2) is 8.57. The summed E-state index contributed by atoms with van der Waals surface area (Å²) < 4.78 is 30.6. The van der Waals surface area contributed by atoms with Gasteiger partial charge in [-0.25, -0.2) is 8.42 Å². The van der Waals surface area contributed by atoms with Crippen molar-refractivity contribution in [2.75, 3.05) is 12.4 Å². The number of anilines is 1. The monoisotopic (exact) mass is 387 g/mol. The van der Waals surface area contributed by atoms with Crippen LogP contribution in [0.15, 0.2) is 48.5 Å². The van der Waals surface area contributed by atoms with E-state index >= 15 is 0 Å². The van der Waals surface area contributed by atoms with Crippen molar-refractivity contribution >= 4 is 21.4 Å². The van der Waals surface area contributed by atoms with Gasteiger partial charge in [0.05, 0.1) is 23.7 Å². The molecule has 5 nitrogen and oxygen atoms in total. The molecule has 6 heteroatoms. The number of hydrogen-bond donors (Lipinski definition) is 1. The minimum Gasteiger partial charge on any atom is -0.496 e. The lowest BCUT2D eigenvalue weighted by molar-refractivity contribution is 0.102. The highest BCUT2D eigenvalue weighted by atomic mass is 32.2. The van der Waals surface area contributed by atoms with Crippen LogP contribution in [0.25, 0.3) is 0 Å². The molecule has 0 spiro atoms. The number of hydrogen-bond acceptors (Lipinski definition) is 4. The third-order valence-electron chi connectivity index (χ3n) is 4.96. The van der Waals surface area contributed by atoms with E-state index in [0.29, 0.717) is 22.6 Å². The summed E-state index contributed by atoms with van der Waals surface area (Å²) in [6.45, 7) is 0. The second-order valence-corrected chi connectivity index (χ2v) is 9.20. The molecule has 0 aromatic heterocycles. The molecule has 1 aliphatic rings. The quantitative estimate of drug-likeness (QED) is 0.806. The Labute approximate surface area is 160 Å². The number of methoxy groups -OCH3 is 1. The van der Waals surface area contributed by atoms with Crippen LogP contribution in [0.1, 0.15) is 48.0 Å². The third kappa shape index (κ3) is 4.89. The predicted octanol–water partition coefficient (Wildman–Crippen LogP) is 4.20. The summed E-state index contributed by atoms with van der Waals surface area (Å²) in [6.07, 6.45) is 4.60. The number of ether oxygens (including phenoxy) is 1.